The van der Waals surface area contributed by atoms with Crippen molar-refractivity contribution in [1.82, 2.24) is 5.48 Å². The fourth-order valence-electron chi connectivity index (χ4n) is 3.53. The van der Waals surface area contributed by atoms with Gasteiger partial charge in [0, 0.05) is 16.2 Å². The first-order valence-electron chi connectivity index (χ1n) is 11.9. The molecule has 0 unspecified atom stereocenters. The average molecular weight is 585 g/mol. The first-order valence-corrected chi connectivity index (χ1v) is 12.7. The highest BCUT2D eigenvalue weighted by Crippen LogP contribution is 2.31. The van der Waals surface area contributed by atoms with Gasteiger partial charge in [-0.15, -0.1) is 0 Å². The number of carbonyl (C=O) groups excluding carboxylic acids is 2. The largest absolute Gasteiger partial charge is 0.491 e. The number of anilines is 1. The zero-order chi connectivity index (χ0) is 27.2. The molecule has 0 heterocycles. The highest BCUT2D eigenvalue weighted by atomic mass is 79.9. The maximum atomic E-state index is 13.0. The van der Waals surface area contributed by atoms with Crippen LogP contribution in [0.4, 0.5) is 10.5 Å². The van der Waals surface area contributed by atoms with E-state index in [-0.39, 0.29) is 13.2 Å². The van der Waals surface area contributed by atoms with Crippen LogP contribution in [-0.2, 0) is 9.53 Å². The number of hydrogen-bond acceptors (Lipinski definition) is 7. The van der Waals surface area contributed by atoms with Crippen molar-refractivity contribution in [2.75, 3.05) is 18.5 Å². The van der Waals surface area contributed by atoms with Gasteiger partial charge in [-0.1, -0.05) is 52.3 Å². The molecule has 0 aliphatic carbocycles. The number of hydroxylamine groups is 1. The third kappa shape index (κ3) is 9.55. The molecule has 0 aliphatic rings. The van der Waals surface area contributed by atoms with E-state index in [1.54, 1.807) is 72.2 Å². The lowest BCUT2D eigenvalue weighted by atomic mass is 9.99. The minimum absolute atomic E-state index is 0.112. The van der Waals surface area contributed by atoms with E-state index < -0.39 is 24.2 Å². The molecule has 3 aromatic rings. The van der Waals surface area contributed by atoms with Crippen LogP contribution in [0, 0.1) is 0 Å². The van der Waals surface area contributed by atoms with Crippen molar-refractivity contribution in [2.45, 2.75) is 25.0 Å². The van der Waals surface area contributed by atoms with Crippen LogP contribution < -0.4 is 20.3 Å². The Morgan fingerprint density at radius 3 is 2.42 bits per heavy atom. The Bertz CT molecular complexity index is 1190. The van der Waals surface area contributed by atoms with Crippen LogP contribution in [-0.4, -0.2) is 41.6 Å². The fraction of sp³-hybridized carbons (Fsp3) is 0.214. The molecule has 2 atom stereocenters. The fourth-order valence-corrected chi connectivity index (χ4v) is 3.80. The molecule has 3 rings (SSSR count). The van der Waals surface area contributed by atoms with Gasteiger partial charge in [-0.3, -0.25) is 15.3 Å². The number of allylic oxidation sites excluding steroid dienone is 1. The number of ether oxygens (including phenoxy) is 3. The molecule has 10 heteroatoms. The van der Waals surface area contributed by atoms with Crippen LogP contribution >= 0.6 is 15.9 Å². The second-order valence-electron chi connectivity index (χ2n) is 8.03. The van der Waals surface area contributed by atoms with Gasteiger partial charge in [0.15, 0.2) is 6.10 Å². The topological polar surface area (TPSA) is 126 Å². The molecule has 38 heavy (non-hydrogen) atoms. The predicted molar refractivity (Wildman–Crippen MR) is 145 cm³/mol. The second kappa shape index (κ2) is 15.4. The number of halogens is 1. The third-order valence-electron chi connectivity index (χ3n) is 5.24. The molecule has 9 nitrogen and oxygen atoms in total. The molecule has 200 valence electrons. The minimum Gasteiger partial charge on any atom is -0.491 e. The number of rotatable bonds is 13. The van der Waals surface area contributed by atoms with Gasteiger partial charge in [0.1, 0.15) is 24.2 Å². The first kappa shape index (κ1) is 28.7. The zero-order valence-electron chi connectivity index (χ0n) is 20.5. The van der Waals surface area contributed by atoms with Gasteiger partial charge in [-0.05, 0) is 66.9 Å². The molecule has 0 fully saturated rings. The highest BCUT2D eigenvalue weighted by molar-refractivity contribution is 9.10. The number of nitrogens with one attached hydrogen (secondary N) is 2. The van der Waals surface area contributed by atoms with E-state index in [4.69, 9.17) is 24.5 Å². The second-order valence-corrected chi connectivity index (χ2v) is 8.94. The smallest absolute Gasteiger partial charge is 0.412 e. The van der Waals surface area contributed by atoms with Crippen LogP contribution in [0.1, 0.15) is 24.5 Å². The van der Waals surface area contributed by atoms with Crippen molar-refractivity contribution < 1.29 is 34.1 Å². The van der Waals surface area contributed by atoms with Gasteiger partial charge in [0.25, 0.3) is 5.91 Å². The number of aliphatic hydroxyl groups is 1. The van der Waals surface area contributed by atoms with E-state index in [1.807, 2.05) is 18.2 Å². The van der Waals surface area contributed by atoms with Crippen molar-refractivity contribution in [2.24, 2.45) is 0 Å². The molecule has 0 aliphatic heterocycles. The molecule has 2 amide bonds. The summed E-state index contributed by atoms with van der Waals surface area (Å²) in [6, 6.07) is 23.2. The van der Waals surface area contributed by atoms with E-state index in [1.165, 1.54) is 6.08 Å². The number of para-hydroxylation sites is 1. The number of benzene rings is 3. The first-order chi connectivity index (χ1) is 18.5. The average Bonchev–Trinajstić information content (AvgIpc) is 2.94. The summed E-state index contributed by atoms with van der Waals surface area (Å²) in [5.41, 5.74) is 2.71. The Kier molecular flexibility index (Phi) is 11.6. The SMILES string of the molecule is O=C(/C=C/CC[C@@H](Oc1ccccc1)[C@H](OC(=O)Nc1ccc(Br)cc1)c1cccc(OCCO)c1)NO. The Balaban J connectivity index is 1.90. The Hall–Kier alpha value is -3.86. The maximum absolute atomic E-state index is 13.0. The van der Waals surface area contributed by atoms with Gasteiger partial charge >= 0.3 is 6.09 Å². The number of carbonyl (C=O) groups is 2. The maximum Gasteiger partial charge on any atom is 0.412 e. The molecular weight excluding hydrogens is 556 g/mol. The number of aliphatic hydroxyl groups excluding tert-OH is 1. The highest BCUT2D eigenvalue weighted by Gasteiger charge is 2.29. The summed E-state index contributed by atoms with van der Waals surface area (Å²) >= 11 is 3.37. The lowest BCUT2D eigenvalue weighted by Crippen LogP contribution is -2.31. The van der Waals surface area contributed by atoms with Gasteiger partial charge < -0.3 is 19.3 Å². The van der Waals surface area contributed by atoms with Crippen molar-refractivity contribution in [3.8, 4) is 11.5 Å². The predicted octanol–water partition coefficient (Wildman–Crippen LogP) is 5.40. The zero-order valence-corrected chi connectivity index (χ0v) is 22.0. The Labute approximate surface area is 229 Å². The molecule has 0 spiro atoms. The van der Waals surface area contributed by atoms with Crippen molar-refractivity contribution in [3.63, 3.8) is 0 Å². The lowest BCUT2D eigenvalue weighted by molar-refractivity contribution is -0.124. The van der Waals surface area contributed by atoms with Gasteiger partial charge in [0.05, 0.1) is 6.61 Å². The number of hydrogen-bond donors (Lipinski definition) is 4. The monoisotopic (exact) mass is 584 g/mol. The van der Waals surface area contributed by atoms with E-state index >= 15 is 0 Å². The van der Waals surface area contributed by atoms with Crippen LogP contribution in [0.2, 0.25) is 0 Å². The van der Waals surface area contributed by atoms with Crippen LogP contribution in [0.5, 0.6) is 11.5 Å². The van der Waals surface area contributed by atoms with E-state index in [9.17, 15) is 9.59 Å². The van der Waals surface area contributed by atoms with Gasteiger partial charge in [-0.2, -0.15) is 0 Å². The molecule has 3 aromatic carbocycles. The molecule has 0 saturated heterocycles. The van der Waals surface area contributed by atoms with E-state index in [2.05, 4.69) is 21.2 Å². The third-order valence-corrected chi connectivity index (χ3v) is 5.77. The number of amides is 2. The van der Waals surface area contributed by atoms with Crippen molar-refractivity contribution in [1.29, 1.82) is 0 Å². The standard InChI is InChI=1S/C28H29BrN2O7/c29-21-13-15-22(16-14-21)30-28(34)38-27(20-7-6-10-24(19-20)36-18-17-32)25(11-4-5-12-26(33)31-35)37-23-8-2-1-3-9-23/h1-3,5-10,12-16,19,25,27,32,35H,4,11,17-18H2,(H,30,34)(H,31,33)/b12-5+/t25-,27-/m1/s1. The molecule has 0 saturated carbocycles. The molecule has 0 aromatic heterocycles. The molecular formula is C28H29BrN2O7. The minimum atomic E-state index is -0.872. The van der Waals surface area contributed by atoms with Crippen molar-refractivity contribution >= 4 is 33.6 Å². The normalized spacial score (nSPS) is 12.4. The summed E-state index contributed by atoms with van der Waals surface area (Å²) in [6.45, 7) is -0.0338. The quantitative estimate of drug-likeness (QED) is 0.120. The Morgan fingerprint density at radius 1 is 0.974 bits per heavy atom. The summed E-state index contributed by atoms with van der Waals surface area (Å²) in [5, 5.41) is 20.6. The summed E-state index contributed by atoms with van der Waals surface area (Å²) in [7, 11) is 0. The summed E-state index contributed by atoms with van der Waals surface area (Å²) < 4.78 is 18.6. The Morgan fingerprint density at radius 2 is 1.71 bits per heavy atom. The van der Waals surface area contributed by atoms with Gasteiger partial charge in [0.2, 0.25) is 0 Å². The summed E-state index contributed by atoms with van der Waals surface area (Å²) in [5.74, 6) is 0.418. The van der Waals surface area contributed by atoms with E-state index in [0.717, 1.165) is 4.47 Å². The lowest BCUT2D eigenvalue weighted by Gasteiger charge is -2.28. The van der Waals surface area contributed by atoms with Crippen LogP contribution in [0.15, 0.2) is 95.5 Å². The van der Waals surface area contributed by atoms with Crippen molar-refractivity contribution in [3.05, 3.63) is 101 Å². The van der Waals surface area contributed by atoms with Gasteiger partial charge in [-0.25, -0.2) is 10.3 Å². The molecule has 0 radical (unpaired) electrons. The van der Waals surface area contributed by atoms with Crippen LogP contribution in [0.25, 0.3) is 0 Å². The summed E-state index contributed by atoms with van der Waals surface area (Å²) in [6.07, 6.45) is 1.33. The molecule has 0 bridgehead atoms. The van der Waals surface area contributed by atoms with E-state index in [0.29, 0.717) is 35.6 Å². The van der Waals surface area contributed by atoms with Crippen LogP contribution in [0.3, 0.4) is 0 Å². The molecule has 4 N–H and O–H groups in total. The summed E-state index contributed by atoms with van der Waals surface area (Å²) in [4.78, 5) is 24.4.